The minimum Gasteiger partial charge on any atom is -0.462 e. The fourth-order valence-corrected chi connectivity index (χ4v) is 2.44. The van der Waals surface area contributed by atoms with E-state index in [9.17, 15) is 9.90 Å². The molecular formula is C13H23IO3. The SMILES string of the molecule is CCC(I)C(=O)OC1CCC(C(C)(C)O)CC1. The number of aliphatic hydroxyl groups is 1. The second-order valence-electron chi connectivity index (χ2n) is 5.44. The van der Waals surface area contributed by atoms with E-state index in [1.54, 1.807) is 0 Å². The van der Waals surface area contributed by atoms with Gasteiger partial charge in [-0.3, -0.25) is 4.79 Å². The molecule has 1 atom stereocenters. The second-order valence-corrected chi connectivity index (χ2v) is 6.94. The quantitative estimate of drug-likeness (QED) is 0.480. The fourth-order valence-electron chi connectivity index (χ4n) is 2.29. The number of alkyl halides is 1. The van der Waals surface area contributed by atoms with Crippen molar-refractivity contribution >= 4 is 28.6 Å². The molecular weight excluding hydrogens is 331 g/mol. The Hall–Kier alpha value is 0.160. The molecule has 0 radical (unpaired) electrons. The molecule has 0 bridgehead atoms. The van der Waals surface area contributed by atoms with Gasteiger partial charge in [0.15, 0.2) is 0 Å². The van der Waals surface area contributed by atoms with Gasteiger partial charge in [0.05, 0.1) is 5.60 Å². The zero-order chi connectivity index (χ0) is 13.1. The molecule has 1 aliphatic carbocycles. The van der Waals surface area contributed by atoms with E-state index in [1.807, 2.05) is 20.8 Å². The lowest BCUT2D eigenvalue weighted by Crippen LogP contribution is -2.36. The summed E-state index contributed by atoms with van der Waals surface area (Å²) in [5.41, 5.74) is -0.607. The van der Waals surface area contributed by atoms with Crippen LogP contribution in [-0.4, -0.2) is 26.7 Å². The van der Waals surface area contributed by atoms with Crippen molar-refractivity contribution in [2.75, 3.05) is 0 Å². The summed E-state index contributed by atoms with van der Waals surface area (Å²) in [6, 6.07) is 0. The zero-order valence-electron chi connectivity index (χ0n) is 10.9. The molecule has 1 N–H and O–H groups in total. The summed E-state index contributed by atoms with van der Waals surface area (Å²) < 4.78 is 5.45. The number of carbonyl (C=O) groups excluding carboxylic acids is 1. The van der Waals surface area contributed by atoms with Gasteiger partial charge in [-0.05, 0) is 51.9 Å². The molecule has 100 valence electrons. The summed E-state index contributed by atoms with van der Waals surface area (Å²) in [5, 5.41) is 9.93. The Morgan fingerprint density at radius 3 is 2.35 bits per heavy atom. The minimum absolute atomic E-state index is 0.0281. The van der Waals surface area contributed by atoms with Crippen LogP contribution in [0.25, 0.3) is 0 Å². The van der Waals surface area contributed by atoms with Crippen molar-refractivity contribution in [3.8, 4) is 0 Å². The van der Waals surface area contributed by atoms with Crippen LogP contribution in [0.2, 0.25) is 0 Å². The number of halogens is 1. The van der Waals surface area contributed by atoms with Crippen molar-refractivity contribution in [1.29, 1.82) is 0 Å². The van der Waals surface area contributed by atoms with E-state index in [0.717, 1.165) is 32.1 Å². The Labute approximate surface area is 117 Å². The largest absolute Gasteiger partial charge is 0.462 e. The molecule has 4 heteroatoms. The van der Waals surface area contributed by atoms with E-state index in [0.29, 0.717) is 5.92 Å². The van der Waals surface area contributed by atoms with Crippen molar-refractivity contribution in [3.63, 3.8) is 0 Å². The monoisotopic (exact) mass is 354 g/mol. The summed E-state index contributed by atoms with van der Waals surface area (Å²) in [4.78, 5) is 11.6. The zero-order valence-corrected chi connectivity index (χ0v) is 13.1. The number of hydrogen-bond donors (Lipinski definition) is 1. The Balaban J connectivity index is 2.35. The van der Waals surface area contributed by atoms with Gasteiger partial charge in [0.1, 0.15) is 10.0 Å². The number of hydrogen-bond acceptors (Lipinski definition) is 3. The van der Waals surface area contributed by atoms with E-state index in [1.165, 1.54) is 0 Å². The van der Waals surface area contributed by atoms with E-state index in [4.69, 9.17) is 4.74 Å². The van der Waals surface area contributed by atoms with Crippen molar-refractivity contribution in [2.45, 2.75) is 68.5 Å². The first-order valence-corrected chi connectivity index (χ1v) is 7.66. The van der Waals surface area contributed by atoms with Gasteiger partial charge in [-0.2, -0.15) is 0 Å². The number of esters is 1. The molecule has 0 aliphatic heterocycles. The van der Waals surface area contributed by atoms with Crippen molar-refractivity contribution in [3.05, 3.63) is 0 Å². The lowest BCUT2D eigenvalue weighted by molar-refractivity contribution is -0.150. The minimum atomic E-state index is -0.607. The highest BCUT2D eigenvalue weighted by Gasteiger charge is 2.33. The van der Waals surface area contributed by atoms with Gasteiger partial charge >= 0.3 is 5.97 Å². The highest BCUT2D eigenvalue weighted by Crippen LogP contribution is 2.33. The lowest BCUT2D eigenvalue weighted by Gasteiger charge is -2.35. The Bertz CT molecular complexity index is 252. The Morgan fingerprint density at radius 1 is 1.41 bits per heavy atom. The molecule has 1 rings (SSSR count). The molecule has 1 aliphatic rings. The lowest BCUT2D eigenvalue weighted by atomic mass is 9.78. The van der Waals surface area contributed by atoms with Crippen molar-refractivity contribution in [2.24, 2.45) is 5.92 Å². The van der Waals surface area contributed by atoms with Crippen LogP contribution < -0.4 is 0 Å². The van der Waals surface area contributed by atoms with Gasteiger partial charge in [-0.1, -0.05) is 29.5 Å². The summed E-state index contributed by atoms with van der Waals surface area (Å²) in [7, 11) is 0. The van der Waals surface area contributed by atoms with Gasteiger partial charge in [-0.15, -0.1) is 0 Å². The maximum Gasteiger partial charge on any atom is 0.319 e. The van der Waals surface area contributed by atoms with Crippen LogP contribution in [-0.2, 0) is 9.53 Å². The third-order valence-corrected chi connectivity index (χ3v) is 4.96. The van der Waals surface area contributed by atoms with Gasteiger partial charge in [0.25, 0.3) is 0 Å². The molecule has 0 amide bonds. The van der Waals surface area contributed by atoms with E-state index in [-0.39, 0.29) is 16.0 Å². The molecule has 0 aromatic carbocycles. The number of rotatable bonds is 4. The summed E-state index contributed by atoms with van der Waals surface area (Å²) in [6.45, 7) is 5.72. The number of ether oxygens (including phenoxy) is 1. The molecule has 0 saturated heterocycles. The van der Waals surface area contributed by atoms with E-state index >= 15 is 0 Å². The maximum absolute atomic E-state index is 11.6. The van der Waals surface area contributed by atoms with Gasteiger partial charge in [0, 0.05) is 0 Å². The molecule has 1 fully saturated rings. The van der Waals surface area contributed by atoms with Crippen LogP contribution in [0.3, 0.4) is 0 Å². The van der Waals surface area contributed by atoms with Crippen LogP contribution in [0, 0.1) is 5.92 Å². The molecule has 1 unspecified atom stereocenters. The summed E-state index contributed by atoms with van der Waals surface area (Å²) in [5.74, 6) is 0.249. The molecule has 0 aromatic rings. The van der Waals surface area contributed by atoms with Gasteiger partial charge in [-0.25, -0.2) is 0 Å². The predicted octanol–water partition coefficient (Wildman–Crippen LogP) is 3.07. The van der Waals surface area contributed by atoms with Crippen LogP contribution in [0.5, 0.6) is 0 Å². The van der Waals surface area contributed by atoms with Crippen LogP contribution in [0.15, 0.2) is 0 Å². The topological polar surface area (TPSA) is 46.5 Å². The average Bonchev–Trinajstić information content (AvgIpc) is 2.27. The van der Waals surface area contributed by atoms with Gasteiger partial charge in [0.2, 0.25) is 0 Å². The highest BCUT2D eigenvalue weighted by atomic mass is 127. The van der Waals surface area contributed by atoms with Gasteiger partial charge < -0.3 is 9.84 Å². The van der Waals surface area contributed by atoms with Crippen LogP contribution in [0.1, 0.15) is 52.9 Å². The molecule has 0 heterocycles. The molecule has 1 saturated carbocycles. The van der Waals surface area contributed by atoms with E-state index in [2.05, 4.69) is 22.6 Å². The van der Waals surface area contributed by atoms with Crippen molar-refractivity contribution in [1.82, 2.24) is 0 Å². The molecule has 3 nitrogen and oxygen atoms in total. The first kappa shape index (κ1) is 15.2. The molecule has 0 spiro atoms. The van der Waals surface area contributed by atoms with E-state index < -0.39 is 5.60 Å². The first-order valence-electron chi connectivity index (χ1n) is 6.41. The smallest absolute Gasteiger partial charge is 0.319 e. The third kappa shape index (κ3) is 4.73. The molecule has 17 heavy (non-hydrogen) atoms. The first-order chi connectivity index (χ1) is 7.84. The second kappa shape index (κ2) is 6.36. The fraction of sp³-hybridized carbons (Fsp3) is 0.923. The Kier molecular flexibility index (Phi) is 5.70. The third-order valence-electron chi connectivity index (χ3n) is 3.57. The van der Waals surface area contributed by atoms with Crippen LogP contribution >= 0.6 is 22.6 Å². The Morgan fingerprint density at radius 2 is 1.94 bits per heavy atom. The summed E-state index contributed by atoms with van der Waals surface area (Å²) >= 11 is 2.13. The predicted molar refractivity (Wildman–Crippen MR) is 76.2 cm³/mol. The normalized spacial score (nSPS) is 27.6. The highest BCUT2D eigenvalue weighted by molar-refractivity contribution is 14.1. The number of carbonyl (C=O) groups is 1. The average molecular weight is 354 g/mol. The molecule has 0 aromatic heterocycles. The van der Waals surface area contributed by atoms with Crippen LogP contribution in [0.4, 0.5) is 0 Å². The van der Waals surface area contributed by atoms with Crippen molar-refractivity contribution < 1.29 is 14.6 Å². The standard InChI is InChI=1S/C13H23IO3/c1-4-11(14)12(15)17-10-7-5-9(6-8-10)13(2,3)16/h9-11,16H,4-8H2,1-3H3. The maximum atomic E-state index is 11.6. The summed E-state index contributed by atoms with van der Waals surface area (Å²) in [6.07, 6.45) is 4.53.